The number of hydrogen-bond acceptors (Lipinski definition) is 7. The average molecular weight is 422 g/mol. The molecule has 1 aliphatic carbocycles. The minimum absolute atomic E-state index is 0.512. The van der Waals surface area contributed by atoms with Crippen LogP contribution in [0.5, 0.6) is 0 Å². The van der Waals surface area contributed by atoms with Crippen LogP contribution in [0.15, 0.2) is 24.5 Å². The van der Waals surface area contributed by atoms with E-state index in [4.69, 9.17) is 9.72 Å². The third-order valence-electron chi connectivity index (χ3n) is 6.56. The van der Waals surface area contributed by atoms with Crippen molar-refractivity contribution in [2.45, 2.75) is 45.1 Å². The zero-order chi connectivity index (χ0) is 21.2. The number of nitrogens with zero attached hydrogens (tertiary/aromatic N) is 5. The number of aryl methyl sites for hydroxylation is 1. The van der Waals surface area contributed by atoms with Crippen molar-refractivity contribution in [3.8, 4) is 0 Å². The molecule has 0 unspecified atom stereocenters. The first-order chi connectivity index (χ1) is 15.2. The fourth-order valence-corrected chi connectivity index (χ4v) is 4.70. The Labute approximate surface area is 183 Å². The Morgan fingerprint density at radius 3 is 2.71 bits per heavy atom. The standard InChI is InChI=1S/C23H31N7O/c1-16-14-18(30-10-12-31-13-11-30)8-9-19(16)26-23-27-21-20(24-15-25-21)22(28-23)29(2)17-6-4-3-5-7-17/h8-9,14-15,17H,3-7,10-13H2,1-2H3,(H2,24,25,26,27,28). The second-order valence-corrected chi connectivity index (χ2v) is 8.60. The van der Waals surface area contributed by atoms with E-state index >= 15 is 0 Å². The Kier molecular flexibility index (Phi) is 5.63. The second-order valence-electron chi connectivity index (χ2n) is 8.60. The topological polar surface area (TPSA) is 82.2 Å². The van der Waals surface area contributed by atoms with Gasteiger partial charge in [0.2, 0.25) is 5.95 Å². The van der Waals surface area contributed by atoms with Crippen molar-refractivity contribution in [1.29, 1.82) is 0 Å². The van der Waals surface area contributed by atoms with Gasteiger partial charge in [-0.05, 0) is 43.5 Å². The predicted molar refractivity (Wildman–Crippen MR) is 124 cm³/mol. The number of anilines is 4. The fraction of sp³-hybridized carbons (Fsp3) is 0.522. The molecule has 0 radical (unpaired) electrons. The first-order valence-corrected chi connectivity index (χ1v) is 11.3. The molecule has 164 valence electrons. The number of H-pyrrole nitrogens is 1. The summed E-state index contributed by atoms with van der Waals surface area (Å²) in [7, 11) is 2.14. The lowest BCUT2D eigenvalue weighted by Crippen LogP contribution is -2.36. The highest BCUT2D eigenvalue weighted by Gasteiger charge is 2.23. The molecule has 1 aliphatic heterocycles. The second kappa shape index (κ2) is 8.70. The van der Waals surface area contributed by atoms with Gasteiger partial charge in [0.05, 0.1) is 19.5 Å². The van der Waals surface area contributed by atoms with E-state index in [0.717, 1.165) is 48.9 Å². The molecule has 2 aromatic heterocycles. The maximum Gasteiger partial charge on any atom is 0.231 e. The first-order valence-electron chi connectivity index (χ1n) is 11.3. The van der Waals surface area contributed by atoms with E-state index in [1.165, 1.54) is 37.8 Å². The summed E-state index contributed by atoms with van der Waals surface area (Å²) in [5.74, 6) is 1.50. The molecule has 0 spiro atoms. The molecule has 2 aliphatic rings. The lowest BCUT2D eigenvalue weighted by Gasteiger charge is -2.32. The van der Waals surface area contributed by atoms with Crippen LogP contribution in [0.25, 0.3) is 11.2 Å². The largest absolute Gasteiger partial charge is 0.378 e. The minimum atomic E-state index is 0.512. The third-order valence-corrected chi connectivity index (χ3v) is 6.56. The van der Waals surface area contributed by atoms with E-state index < -0.39 is 0 Å². The molecule has 1 saturated carbocycles. The molecule has 2 fully saturated rings. The van der Waals surface area contributed by atoms with E-state index in [1.807, 2.05) is 0 Å². The molecular weight excluding hydrogens is 390 g/mol. The highest BCUT2D eigenvalue weighted by atomic mass is 16.5. The predicted octanol–water partition coefficient (Wildman–Crippen LogP) is 4.01. The van der Waals surface area contributed by atoms with E-state index in [2.05, 4.69) is 62.2 Å². The molecule has 0 amide bonds. The van der Waals surface area contributed by atoms with Crippen LogP contribution in [0, 0.1) is 6.92 Å². The monoisotopic (exact) mass is 421 g/mol. The highest BCUT2D eigenvalue weighted by molar-refractivity contribution is 5.85. The van der Waals surface area contributed by atoms with Crippen molar-refractivity contribution < 1.29 is 4.74 Å². The number of morpholine rings is 1. The summed E-state index contributed by atoms with van der Waals surface area (Å²) in [4.78, 5) is 21.9. The number of fused-ring (bicyclic) bond motifs is 1. The zero-order valence-electron chi connectivity index (χ0n) is 18.4. The molecule has 1 saturated heterocycles. The van der Waals surface area contributed by atoms with Gasteiger partial charge in [-0.25, -0.2) is 4.98 Å². The van der Waals surface area contributed by atoms with Crippen LogP contribution in [0.3, 0.4) is 0 Å². The van der Waals surface area contributed by atoms with Gasteiger partial charge in [-0.15, -0.1) is 0 Å². The quantitative estimate of drug-likeness (QED) is 0.644. The summed E-state index contributed by atoms with van der Waals surface area (Å²) < 4.78 is 5.47. The van der Waals surface area contributed by atoms with Crippen molar-refractivity contribution >= 4 is 34.3 Å². The maximum atomic E-state index is 5.47. The van der Waals surface area contributed by atoms with Crippen LogP contribution < -0.4 is 15.1 Å². The molecular formula is C23H31N7O. The van der Waals surface area contributed by atoms with Crippen LogP contribution in [0.4, 0.5) is 23.1 Å². The molecule has 5 rings (SSSR count). The van der Waals surface area contributed by atoms with Crippen molar-refractivity contribution in [2.75, 3.05) is 48.5 Å². The molecule has 1 aromatic carbocycles. The number of ether oxygens (including phenoxy) is 1. The van der Waals surface area contributed by atoms with Crippen LogP contribution >= 0.6 is 0 Å². The van der Waals surface area contributed by atoms with Gasteiger partial charge < -0.3 is 24.8 Å². The maximum absolute atomic E-state index is 5.47. The fourth-order valence-electron chi connectivity index (χ4n) is 4.70. The van der Waals surface area contributed by atoms with E-state index in [0.29, 0.717) is 17.6 Å². The number of imidazole rings is 1. The van der Waals surface area contributed by atoms with Crippen LogP contribution in [-0.4, -0.2) is 59.3 Å². The van der Waals surface area contributed by atoms with Gasteiger partial charge in [0.25, 0.3) is 0 Å². The number of nitrogens with one attached hydrogen (secondary N) is 2. The van der Waals surface area contributed by atoms with Gasteiger partial charge >= 0.3 is 0 Å². The zero-order valence-corrected chi connectivity index (χ0v) is 18.4. The number of hydrogen-bond donors (Lipinski definition) is 2. The number of aromatic amines is 1. The van der Waals surface area contributed by atoms with Gasteiger partial charge in [-0.1, -0.05) is 19.3 Å². The van der Waals surface area contributed by atoms with E-state index in [1.54, 1.807) is 6.33 Å². The normalized spacial score (nSPS) is 17.8. The van der Waals surface area contributed by atoms with Gasteiger partial charge in [-0.3, -0.25) is 0 Å². The van der Waals surface area contributed by atoms with Crippen molar-refractivity contribution in [3.63, 3.8) is 0 Å². The van der Waals surface area contributed by atoms with Crippen LogP contribution in [-0.2, 0) is 4.74 Å². The molecule has 0 atom stereocenters. The molecule has 3 aromatic rings. The Hall–Kier alpha value is -2.87. The lowest BCUT2D eigenvalue weighted by atomic mass is 9.94. The summed E-state index contributed by atoms with van der Waals surface area (Å²) in [5, 5.41) is 3.44. The Balaban J connectivity index is 1.41. The molecule has 31 heavy (non-hydrogen) atoms. The third kappa shape index (κ3) is 4.17. The Bertz CT molecular complexity index is 1040. The van der Waals surface area contributed by atoms with Crippen molar-refractivity contribution in [2.24, 2.45) is 0 Å². The van der Waals surface area contributed by atoms with Gasteiger partial charge in [-0.2, -0.15) is 9.97 Å². The molecule has 3 heterocycles. The number of benzene rings is 1. The molecule has 8 heteroatoms. The number of rotatable bonds is 5. The summed E-state index contributed by atoms with van der Waals surface area (Å²) in [5.41, 5.74) is 5.00. The van der Waals surface area contributed by atoms with Gasteiger partial charge in [0.15, 0.2) is 11.5 Å². The van der Waals surface area contributed by atoms with E-state index in [9.17, 15) is 0 Å². The highest BCUT2D eigenvalue weighted by Crippen LogP contribution is 2.31. The lowest BCUT2D eigenvalue weighted by molar-refractivity contribution is 0.122. The van der Waals surface area contributed by atoms with Crippen LogP contribution in [0.2, 0.25) is 0 Å². The summed E-state index contributed by atoms with van der Waals surface area (Å²) in [6.07, 6.45) is 8.02. The minimum Gasteiger partial charge on any atom is -0.378 e. The number of aromatic nitrogens is 4. The SMILES string of the molecule is Cc1cc(N2CCOCC2)ccc1Nc1nc(N(C)C2CCCCC2)c2[nH]cnc2n1. The molecule has 0 bridgehead atoms. The first kappa shape index (κ1) is 20.1. The van der Waals surface area contributed by atoms with Crippen molar-refractivity contribution in [1.82, 2.24) is 19.9 Å². The summed E-state index contributed by atoms with van der Waals surface area (Å²) >= 11 is 0. The van der Waals surface area contributed by atoms with Gasteiger partial charge in [0, 0.05) is 37.6 Å². The Morgan fingerprint density at radius 2 is 1.94 bits per heavy atom. The average Bonchev–Trinajstić information content (AvgIpc) is 3.29. The smallest absolute Gasteiger partial charge is 0.231 e. The van der Waals surface area contributed by atoms with Gasteiger partial charge in [0.1, 0.15) is 5.52 Å². The molecule has 8 nitrogen and oxygen atoms in total. The Morgan fingerprint density at radius 1 is 1.13 bits per heavy atom. The summed E-state index contributed by atoms with van der Waals surface area (Å²) in [6.45, 7) is 5.56. The van der Waals surface area contributed by atoms with Crippen LogP contribution in [0.1, 0.15) is 37.7 Å². The van der Waals surface area contributed by atoms with Crippen molar-refractivity contribution in [3.05, 3.63) is 30.1 Å². The summed E-state index contributed by atoms with van der Waals surface area (Å²) in [6, 6.07) is 7.00. The molecule has 2 N–H and O–H groups in total. The van der Waals surface area contributed by atoms with E-state index in [-0.39, 0.29) is 0 Å².